The molecule has 1 amide bonds. The Balaban J connectivity index is 1.89. The number of nitrogens with zero attached hydrogens (tertiary/aromatic N) is 2. The average molecular weight is 311 g/mol. The summed E-state index contributed by atoms with van der Waals surface area (Å²) in [5.74, 6) is -0.932. The molecule has 0 saturated heterocycles. The van der Waals surface area contributed by atoms with Gasteiger partial charge in [0.15, 0.2) is 0 Å². The van der Waals surface area contributed by atoms with Gasteiger partial charge in [-0.2, -0.15) is 0 Å². The lowest BCUT2D eigenvalue weighted by molar-refractivity contribution is 0.0725. The van der Waals surface area contributed by atoms with Crippen LogP contribution >= 0.6 is 22.9 Å². The van der Waals surface area contributed by atoms with Crippen LogP contribution in [0.15, 0.2) is 29.8 Å². The van der Waals surface area contributed by atoms with Gasteiger partial charge in [0.2, 0.25) is 0 Å². The monoisotopic (exact) mass is 310 g/mol. The van der Waals surface area contributed by atoms with E-state index in [0.717, 1.165) is 17.8 Å². The van der Waals surface area contributed by atoms with Crippen molar-refractivity contribution in [3.63, 3.8) is 0 Å². The third kappa shape index (κ3) is 2.69. The molecule has 0 unspecified atom stereocenters. The Kier molecular flexibility index (Phi) is 3.72. The van der Waals surface area contributed by atoms with E-state index in [2.05, 4.69) is 4.98 Å². The highest BCUT2D eigenvalue weighted by Gasteiger charge is 2.35. The number of thiazole rings is 1. The first-order chi connectivity index (χ1) is 9.66. The molecule has 0 spiro atoms. The minimum absolute atomic E-state index is 0.0439. The molecule has 1 aromatic heterocycles. The van der Waals surface area contributed by atoms with Crippen molar-refractivity contribution < 1.29 is 9.18 Å². The van der Waals surface area contributed by atoms with Crippen LogP contribution in [0.25, 0.3) is 0 Å². The van der Waals surface area contributed by atoms with E-state index in [1.807, 2.05) is 5.38 Å². The summed E-state index contributed by atoms with van der Waals surface area (Å²) in [4.78, 5) is 18.4. The summed E-state index contributed by atoms with van der Waals surface area (Å²) in [5.41, 5.74) is -0.0439. The highest BCUT2D eigenvalue weighted by molar-refractivity contribution is 7.09. The fourth-order valence-electron chi connectivity index (χ4n) is 2.08. The maximum Gasteiger partial charge on any atom is 0.258 e. The van der Waals surface area contributed by atoms with Crippen LogP contribution in [0, 0.1) is 5.82 Å². The Morgan fingerprint density at radius 1 is 1.50 bits per heavy atom. The number of hydrogen-bond donors (Lipinski definition) is 0. The number of benzene rings is 1. The quantitative estimate of drug-likeness (QED) is 0.862. The largest absolute Gasteiger partial charge is 0.329 e. The maximum absolute atomic E-state index is 13.9. The van der Waals surface area contributed by atoms with E-state index in [9.17, 15) is 9.18 Å². The highest BCUT2D eigenvalue weighted by atomic mass is 35.5. The number of halogens is 2. The topological polar surface area (TPSA) is 33.2 Å². The van der Waals surface area contributed by atoms with Crippen LogP contribution in [0.2, 0.25) is 5.02 Å². The van der Waals surface area contributed by atoms with E-state index in [1.165, 1.54) is 29.5 Å². The molecule has 0 aliphatic heterocycles. The van der Waals surface area contributed by atoms with Crippen molar-refractivity contribution in [2.75, 3.05) is 0 Å². The van der Waals surface area contributed by atoms with Gasteiger partial charge in [0.25, 0.3) is 5.91 Å². The first-order valence-electron chi connectivity index (χ1n) is 6.30. The third-order valence-corrected chi connectivity index (χ3v) is 4.29. The standard InChI is InChI=1S/C14H12ClFN2OS/c15-10-2-1-3-11(16)13(10)14(19)18(9-4-5-9)8-12-17-6-7-20-12/h1-3,6-7,9H,4-5,8H2. The molecule has 20 heavy (non-hydrogen) atoms. The van der Waals surface area contributed by atoms with Crippen LogP contribution < -0.4 is 0 Å². The summed E-state index contributed by atoms with van der Waals surface area (Å²) >= 11 is 7.46. The number of amides is 1. The molecule has 3 nitrogen and oxygen atoms in total. The summed E-state index contributed by atoms with van der Waals surface area (Å²) in [5, 5.41) is 2.86. The van der Waals surface area contributed by atoms with E-state index >= 15 is 0 Å². The number of aromatic nitrogens is 1. The summed E-state index contributed by atoms with van der Waals surface area (Å²) in [6.45, 7) is 0.409. The zero-order valence-electron chi connectivity index (χ0n) is 10.6. The van der Waals surface area contributed by atoms with Gasteiger partial charge in [-0.25, -0.2) is 9.37 Å². The van der Waals surface area contributed by atoms with Crippen LogP contribution in [0.5, 0.6) is 0 Å². The van der Waals surface area contributed by atoms with Crippen molar-refractivity contribution in [2.45, 2.75) is 25.4 Å². The van der Waals surface area contributed by atoms with Gasteiger partial charge < -0.3 is 4.90 Å². The van der Waals surface area contributed by atoms with Gasteiger partial charge in [0.1, 0.15) is 10.8 Å². The minimum Gasteiger partial charge on any atom is -0.329 e. The van der Waals surface area contributed by atoms with Crippen molar-refractivity contribution in [1.29, 1.82) is 0 Å². The molecule has 1 saturated carbocycles. The molecule has 1 fully saturated rings. The minimum atomic E-state index is -0.577. The molecule has 0 radical (unpaired) electrons. The SMILES string of the molecule is O=C(c1c(F)cccc1Cl)N(Cc1nccs1)C1CC1. The van der Waals surface area contributed by atoms with Crippen molar-refractivity contribution in [3.8, 4) is 0 Å². The molecule has 104 valence electrons. The predicted octanol–water partition coefficient (Wildman–Crippen LogP) is 3.74. The maximum atomic E-state index is 13.9. The van der Waals surface area contributed by atoms with E-state index < -0.39 is 5.82 Å². The molecule has 1 aliphatic carbocycles. The molecule has 6 heteroatoms. The molecule has 0 bridgehead atoms. The molecule has 0 atom stereocenters. The van der Waals surface area contributed by atoms with Gasteiger partial charge >= 0.3 is 0 Å². The molecular weight excluding hydrogens is 299 g/mol. The third-order valence-electron chi connectivity index (χ3n) is 3.21. The number of rotatable bonds is 4. The molecule has 2 aromatic rings. The number of carbonyl (C=O) groups excluding carboxylic acids is 1. The zero-order chi connectivity index (χ0) is 14.1. The number of hydrogen-bond acceptors (Lipinski definition) is 3. The molecule has 1 aliphatic rings. The second kappa shape index (κ2) is 5.50. The van der Waals surface area contributed by atoms with Crippen molar-refractivity contribution in [3.05, 3.63) is 51.2 Å². The Morgan fingerprint density at radius 2 is 2.30 bits per heavy atom. The van der Waals surface area contributed by atoms with Gasteiger partial charge in [-0.15, -0.1) is 11.3 Å². The lowest BCUT2D eigenvalue weighted by Crippen LogP contribution is -2.33. The van der Waals surface area contributed by atoms with Crippen LogP contribution in [-0.4, -0.2) is 21.8 Å². The molecule has 1 heterocycles. The van der Waals surface area contributed by atoms with Crippen molar-refractivity contribution in [2.24, 2.45) is 0 Å². The van der Waals surface area contributed by atoms with Crippen LogP contribution in [-0.2, 0) is 6.54 Å². The van der Waals surface area contributed by atoms with Gasteiger partial charge in [-0.05, 0) is 25.0 Å². The fourth-order valence-corrected chi connectivity index (χ4v) is 2.93. The average Bonchev–Trinajstić information content (AvgIpc) is 3.12. The summed E-state index contributed by atoms with van der Waals surface area (Å²) in [7, 11) is 0. The first-order valence-corrected chi connectivity index (χ1v) is 7.56. The second-order valence-electron chi connectivity index (χ2n) is 4.69. The van der Waals surface area contributed by atoms with Crippen molar-refractivity contribution in [1.82, 2.24) is 9.88 Å². The summed E-state index contributed by atoms with van der Waals surface area (Å²) in [6.07, 6.45) is 3.60. The molecular formula is C14H12ClFN2OS. The van der Waals surface area contributed by atoms with E-state index in [1.54, 1.807) is 11.1 Å². The van der Waals surface area contributed by atoms with Crippen LogP contribution in [0.1, 0.15) is 28.2 Å². The van der Waals surface area contributed by atoms with Crippen LogP contribution in [0.3, 0.4) is 0 Å². The van der Waals surface area contributed by atoms with Crippen molar-refractivity contribution >= 4 is 28.8 Å². The molecule has 0 N–H and O–H groups in total. The summed E-state index contributed by atoms with van der Waals surface area (Å²) in [6, 6.07) is 4.46. The highest BCUT2D eigenvalue weighted by Crippen LogP contribution is 2.32. The smallest absolute Gasteiger partial charge is 0.258 e. The van der Waals surface area contributed by atoms with Gasteiger partial charge in [-0.1, -0.05) is 17.7 Å². The fraction of sp³-hybridized carbons (Fsp3) is 0.286. The van der Waals surface area contributed by atoms with E-state index in [0.29, 0.717) is 6.54 Å². The lowest BCUT2D eigenvalue weighted by atomic mass is 10.1. The van der Waals surface area contributed by atoms with Gasteiger partial charge in [0.05, 0.1) is 17.1 Å². The number of carbonyl (C=O) groups is 1. The second-order valence-corrected chi connectivity index (χ2v) is 6.07. The lowest BCUT2D eigenvalue weighted by Gasteiger charge is -2.22. The van der Waals surface area contributed by atoms with Gasteiger partial charge in [-0.3, -0.25) is 4.79 Å². The Hall–Kier alpha value is -1.46. The van der Waals surface area contributed by atoms with Crippen LogP contribution in [0.4, 0.5) is 4.39 Å². The summed E-state index contributed by atoms with van der Waals surface area (Å²) < 4.78 is 13.9. The first kappa shape index (κ1) is 13.5. The Morgan fingerprint density at radius 3 is 2.90 bits per heavy atom. The predicted molar refractivity (Wildman–Crippen MR) is 76.4 cm³/mol. The Labute approximate surface area is 125 Å². The van der Waals surface area contributed by atoms with Gasteiger partial charge in [0, 0.05) is 17.6 Å². The van der Waals surface area contributed by atoms with E-state index in [4.69, 9.17) is 11.6 Å². The van der Waals surface area contributed by atoms with E-state index in [-0.39, 0.29) is 22.5 Å². The normalized spacial score (nSPS) is 14.3. The Bertz CT molecular complexity index is 608. The molecule has 3 rings (SSSR count). The zero-order valence-corrected chi connectivity index (χ0v) is 12.1. The molecule has 1 aromatic carbocycles.